The molecule has 0 aromatic heterocycles. The number of hydrogen-bond acceptors (Lipinski definition) is 5. The number of rotatable bonds is 5. The number of nitrogens with two attached hydrogens (primary N) is 1. The lowest BCUT2D eigenvalue weighted by molar-refractivity contribution is -0.137. The van der Waals surface area contributed by atoms with Crippen molar-refractivity contribution in [2.24, 2.45) is 10.7 Å². The van der Waals surface area contributed by atoms with Gasteiger partial charge >= 0.3 is 5.97 Å². The Bertz CT molecular complexity index is 372. The van der Waals surface area contributed by atoms with Crippen LogP contribution in [0.4, 0.5) is 0 Å². The third-order valence-electron chi connectivity index (χ3n) is 3.23. The fourth-order valence-electron chi connectivity index (χ4n) is 2.43. The molecule has 0 bridgehead atoms. The molecule has 4 N–H and O–H groups in total. The first kappa shape index (κ1) is 12.3. The van der Waals surface area contributed by atoms with Crippen LogP contribution in [0.2, 0.25) is 0 Å². The molecule has 0 aromatic carbocycles. The molecule has 2 heterocycles. The van der Waals surface area contributed by atoms with Crippen LogP contribution in [0.1, 0.15) is 25.7 Å². The van der Waals surface area contributed by atoms with Gasteiger partial charge in [0.1, 0.15) is 0 Å². The van der Waals surface area contributed by atoms with E-state index in [1.165, 1.54) is 0 Å². The monoisotopic (exact) mass is 259 g/mol. The maximum absolute atomic E-state index is 11.9. The largest absolute Gasteiger partial charge is 0.481 e. The van der Waals surface area contributed by atoms with Crippen molar-refractivity contribution in [3.8, 4) is 0 Å². The zero-order chi connectivity index (χ0) is 12.4. The Kier molecular flexibility index (Phi) is 3.66. The standard InChI is InChI=1S/C10H17N3O3S/c11-10-12-6-5-17(16)7(9(6)13-10)3-1-2-4-8(14)15/h6-7,9H,1-5H2,(H,14,15)(H3,11,12,13)/t6-,7+,9-,17+/m1/s1. The average Bonchev–Trinajstić information content (AvgIpc) is 2.69. The molecule has 0 amide bonds. The van der Waals surface area contributed by atoms with E-state index in [1.807, 2.05) is 0 Å². The molecule has 4 atom stereocenters. The molecule has 0 radical (unpaired) electrons. The Morgan fingerprint density at radius 1 is 1.59 bits per heavy atom. The lowest BCUT2D eigenvalue weighted by atomic mass is 10.0. The van der Waals surface area contributed by atoms with Gasteiger partial charge in [-0.3, -0.25) is 9.00 Å². The number of unbranched alkanes of at least 4 members (excludes halogenated alkanes) is 1. The molecule has 1 fully saturated rings. The van der Waals surface area contributed by atoms with Crippen molar-refractivity contribution in [2.45, 2.75) is 43.0 Å². The van der Waals surface area contributed by atoms with E-state index in [0.29, 0.717) is 18.1 Å². The maximum atomic E-state index is 11.9. The number of carbonyl (C=O) groups is 1. The number of nitrogens with zero attached hydrogens (tertiary/aromatic N) is 1. The molecule has 2 aliphatic rings. The van der Waals surface area contributed by atoms with Gasteiger partial charge in [0.05, 0.1) is 17.3 Å². The summed E-state index contributed by atoms with van der Waals surface area (Å²) in [6, 6.07) is 0.126. The van der Waals surface area contributed by atoms with E-state index in [9.17, 15) is 9.00 Å². The SMILES string of the molecule is NC1=N[C@@H]2[C@@H](C[S@](=O)[C@H]2CCCCC(=O)O)N1. The van der Waals surface area contributed by atoms with Gasteiger partial charge in [-0.05, 0) is 12.8 Å². The summed E-state index contributed by atoms with van der Waals surface area (Å²) in [5, 5.41) is 11.6. The van der Waals surface area contributed by atoms with Crippen molar-refractivity contribution in [1.29, 1.82) is 0 Å². The molecule has 6 nitrogen and oxygen atoms in total. The van der Waals surface area contributed by atoms with Gasteiger partial charge in [0.25, 0.3) is 0 Å². The molecule has 0 saturated carbocycles. The minimum atomic E-state index is -0.871. The van der Waals surface area contributed by atoms with Crippen LogP contribution in [0.15, 0.2) is 4.99 Å². The second-order valence-electron chi connectivity index (χ2n) is 4.48. The van der Waals surface area contributed by atoms with Crippen molar-refractivity contribution in [2.75, 3.05) is 5.75 Å². The van der Waals surface area contributed by atoms with Crippen LogP contribution in [-0.2, 0) is 15.6 Å². The zero-order valence-electron chi connectivity index (χ0n) is 9.46. The topological polar surface area (TPSA) is 105 Å². The Hall–Kier alpha value is -1.11. The highest BCUT2D eigenvalue weighted by Gasteiger charge is 2.44. The van der Waals surface area contributed by atoms with Crippen LogP contribution in [0.25, 0.3) is 0 Å². The third-order valence-corrected chi connectivity index (χ3v) is 5.10. The van der Waals surface area contributed by atoms with Crippen molar-refractivity contribution < 1.29 is 14.1 Å². The minimum absolute atomic E-state index is 0.0145. The highest BCUT2D eigenvalue weighted by molar-refractivity contribution is 7.86. The number of carboxylic acids is 1. The first-order chi connectivity index (χ1) is 8.08. The fraction of sp³-hybridized carbons (Fsp3) is 0.800. The molecular formula is C10H17N3O3S. The van der Waals surface area contributed by atoms with E-state index < -0.39 is 16.8 Å². The number of fused-ring (bicyclic) bond motifs is 1. The molecule has 2 aliphatic heterocycles. The number of nitrogens with one attached hydrogen (secondary N) is 1. The number of guanidine groups is 1. The molecule has 17 heavy (non-hydrogen) atoms. The van der Waals surface area contributed by atoms with Crippen LogP contribution in [0, 0.1) is 0 Å². The molecule has 1 saturated heterocycles. The average molecular weight is 259 g/mol. The van der Waals surface area contributed by atoms with E-state index in [0.717, 1.165) is 12.8 Å². The predicted molar refractivity (Wildman–Crippen MR) is 65.2 cm³/mol. The number of hydrogen-bond donors (Lipinski definition) is 3. The van der Waals surface area contributed by atoms with Gasteiger partial charge in [-0.15, -0.1) is 0 Å². The number of carboxylic acid groups (broad SMARTS) is 1. The second-order valence-corrected chi connectivity index (χ2v) is 6.18. The van der Waals surface area contributed by atoms with Crippen molar-refractivity contribution >= 4 is 22.7 Å². The summed E-state index contributed by atoms with van der Waals surface area (Å²) in [6.45, 7) is 0. The minimum Gasteiger partial charge on any atom is -0.481 e. The quantitative estimate of drug-likeness (QED) is 0.573. The molecule has 7 heteroatoms. The van der Waals surface area contributed by atoms with Gasteiger partial charge in [0, 0.05) is 23.0 Å². The number of aliphatic carboxylic acids is 1. The van der Waals surface area contributed by atoms with E-state index in [2.05, 4.69) is 10.3 Å². The summed E-state index contributed by atoms with van der Waals surface area (Å²) in [5.41, 5.74) is 5.59. The van der Waals surface area contributed by atoms with Gasteiger partial charge in [-0.25, -0.2) is 4.99 Å². The third kappa shape index (κ3) is 2.77. The maximum Gasteiger partial charge on any atom is 0.303 e. The van der Waals surface area contributed by atoms with Gasteiger partial charge in [0.2, 0.25) is 0 Å². The highest BCUT2D eigenvalue weighted by Crippen LogP contribution is 2.27. The van der Waals surface area contributed by atoms with Gasteiger partial charge < -0.3 is 16.2 Å². The summed E-state index contributed by atoms with van der Waals surface area (Å²) in [5.74, 6) is 0.255. The molecular weight excluding hydrogens is 242 g/mol. The van der Waals surface area contributed by atoms with Crippen molar-refractivity contribution in [1.82, 2.24) is 5.32 Å². The molecule has 0 spiro atoms. The Morgan fingerprint density at radius 3 is 3.06 bits per heavy atom. The molecule has 0 aliphatic carbocycles. The highest BCUT2D eigenvalue weighted by atomic mass is 32.2. The summed E-state index contributed by atoms with van der Waals surface area (Å²) >= 11 is 0. The Labute approximate surface area is 102 Å². The van der Waals surface area contributed by atoms with E-state index in [-0.39, 0.29) is 23.8 Å². The van der Waals surface area contributed by atoms with E-state index in [1.54, 1.807) is 0 Å². The fourth-order valence-corrected chi connectivity index (χ4v) is 4.30. The first-order valence-electron chi connectivity index (χ1n) is 5.76. The van der Waals surface area contributed by atoms with E-state index >= 15 is 0 Å². The summed E-state index contributed by atoms with van der Waals surface area (Å²) in [6.07, 6.45) is 2.35. The summed E-state index contributed by atoms with van der Waals surface area (Å²) < 4.78 is 11.9. The van der Waals surface area contributed by atoms with Gasteiger partial charge in [-0.1, -0.05) is 6.42 Å². The predicted octanol–water partition coefficient (Wildman–Crippen LogP) is -0.583. The van der Waals surface area contributed by atoms with Crippen LogP contribution >= 0.6 is 0 Å². The smallest absolute Gasteiger partial charge is 0.303 e. The molecule has 96 valence electrons. The van der Waals surface area contributed by atoms with Crippen molar-refractivity contribution in [3.63, 3.8) is 0 Å². The van der Waals surface area contributed by atoms with Crippen molar-refractivity contribution in [3.05, 3.63) is 0 Å². The first-order valence-corrected chi connectivity index (χ1v) is 7.15. The van der Waals surface area contributed by atoms with Crippen LogP contribution in [0.3, 0.4) is 0 Å². The van der Waals surface area contributed by atoms with Crippen LogP contribution < -0.4 is 11.1 Å². The van der Waals surface area contributed by atoms with Gasteiger partial charge in [0.15, 0.2) is 5.96 Å². The number of aliphatic imine (C=N–C) groups is 1. The Morgan fingerprint density at radius 2 is 2.35 bits per heavy atom. The molecule has 0 unspecified atom stereocenters. The van der Waals surface area contributed by atoms with Crippen LogP contribution in [-0.4, -0.2) is 44.3 Å². The summed E-state index contributed by atoms with van der Waals surface area (Å²) in [7, 11) is -0.871. The Balaban J connectivity index is 1.83. The van der Waals surface area contributed by atoms with E-state index in [4.69, 9.17) is 10.8 Å². The summed E-state index contributed by atoms with van der Waals surface area (Å²) in [4.78, 5) is 14.6. The zero-order valence-corrected chi connectivity index (χ0v) is 10.3. The lowest BCUT2D eigenvalue weighted by Gasteiger charge is -2.13. The normalized spacial score (nSPS) is 35.2. The molecule has 2 rings (SSSR count). The lowest BCUT2D eigenvalue weighted by Crippen LogP contribution is -2.38. The molecule has 0 aromatic rings. The van der Waals surface area contributed by atoms with Crippen LogP contribution in [0.5, 0.6) is 0 Å². The second kappa shape index (κ2) is 5.03. The van der Waals surface area contributed by atoms with Gasteiger partial charge in [-0.2, -0.15) is 0 Å².